The molecule has 0 bridgehead atoms. The van der Waals surface area contributed by atoms with Gasteiger partial charge in [0.25, 0.3) is 16.4 Å². The average Bonchev–Trinajstić information content (AvgIpc) is 2.95. The Bertz CT molecular complexity index is 737. The second kappa shape index (κ2) is 10.5. The fourth-order valence-corrected chi connectivity index (χ4v) is 3.69. The minimum Gasteiger partial charge on any atom is -0.370 e. The van der Waals surface area contributed by atoms with Gasteiger partial charge in [0.2, 0.25) is 5.96 Å². The van der Waals surface area contributed by atoms with Gasteiger partial charge in [-0.05, 0) is 0 Å². The van der Waals surface area contributed by atoms with Crippen LogP contribution in [-0.2, 0) is 15.8 Å². The molecule has 0 unspecified atom stereocenters. The second-order valence-corrected chi connectivity index (χ2v) is 8.65. The number of guanidine groups is 2. The van der Waals surface area contributed by atoms with E-state index in [1.54, 1.807) is 23.7 Å². The molecule has 0 aliphatic carbocycles. The predicted molar refractivity (Wildman–Crippen MR) is 103 cm³/mol. The van der Waals surface area contributed by atoms with Gasteiger partial charge in [0.1, 0.15) is 6.54 Å². The topological polar surface area (TPSA) is 139 Å². The van der Waals surface area contributed by atoms with Crippen LogP contribution in [0, 0.1) is 0 Å². The maximum Gasteiger partial charge on any atom is 0.257 e. The monoisotopic (exact) mass is 429 g/mol. The minimum absolute atomic E-state index is 0.0631. The van der Waals surface area contributed by atoms with E-state index in [-0.39, 0.29) is 11.9 Å². The summed E-state index contributed by atoms with van der Waals surface area (Å²) in [7, 11) is -1.87. The number of thioether (sulfide) groups is 1. The number of aromatic nitrogens is 1. The standard InChI is InChI=1S/C12H21F2N7O2S3/c1-21(11(16)20-26(2,22)23)3-4-24-6-8-7-25-12(18-8)19-10(15)17-5-9(13)14/h7,9H,3-6H2,1-2H3,(H2,16,20)(H3,15,17,18,19). The molecular formula is C12H21F2N7O2S3. The first-order chi connectivity index (χ1) is 12.1. The molecule has 0 atom stereocenters. The van der Waals surface area contributed by atoms with Crippen LogP contribution in [0.3, 0.4) is 0 Å². The van der Waals surface area contributed by atoms with Gasteiger partial charge in [0.15, 0.2) is 11.1 Å². The number of hydrogen-bond donors (Lipinski definition) is 3. The van der Waals surface area contributed by atoms with Crippen LogP contribution in [0.25, 0.3) is 0 Å². The van der Waals surface area contributed by atoms with Gasteiger partial charge in [0.05, 0.1) is 11.9 Å². The molecule has 14 heteroatoms. The molecular weight excluding hydrogens is 408 g/mol. The Morgan fingerprint density at radius 1 is 1.50 bits per heavy atom. The molecule has 1 heterocycles. The van der Waals surface area contributed by atoms with E-state index in [2.05, 4.69) is 19.7 Å². The average molecular weight is 430 g/mol. The molecule has 5 N–H and O–H groups in total. The summed E-state index contributed by atoms with van der Waals surface area (Å²) in [4.78, 5) is 9.31. The number of nitrogens with two attached hydrogens (primary N) is 2. The van der Waals surface area contributed by atoms with Crippen molar-refractivity contribution in [1.29, 1.82) is 0 Å². The normalized spacial score (nSPS) is 13.3. The van der Waals surface area contributed by atoms with Gasteiger partial charge in [-0.3, -0.25) is 0 Å². The number of nitrogens with one attached hydrogen (secondary N) is 1. The molecule has 0 aliphatic rings. The molecule has 26 heavy (non-hydrogen) atoms. The Morgan fingerprint density at radius 3 is 2.81 bits per heavy atom. The number of rotatable bonds is 9. The summed E-state index contributed by atoms with van der Waals surface area (Å²) < 4.78 is 49.6. The summed E-state index contributed by atoms with van der Waals surface area (Å²) in [6.45, 7) is -0.149. The lowest BCUT2D eigenvalue weighted by Crippen LogP contribution is -2.36. The third kappa shape index (κ3) is 9.72. The van der Waals surface area contributed by atoms with E-state index in [4.69, 9.17) is 11.5 Å². The maximum atomic E-state index is 12.0. The molecule has 1 aromatic rings. The first-order valence-corrected chi connectivity index (χ1v) is 11.1. The van der Waals surface area contributed by atoms with Crippen LogP contribution < -0.4 is 16.8 Å². The van der Waals surface area contributed by atoms with Crippen LogP contribution >= 0.6 is 23.1 Å². The Morgan fingerprint density at radius 2 is 2.19 bits per heavy atom. The highest BCUT2D eigenvalue weighted by Crippen LogP contribution is 2.19. The molecule has 0 spiro atoms. The van der Waals surface area contributed by atoms with Crippen molar-refractivity contribution in [2.24, 2.45) is 20.9 Å². The maximum absolute atomic E-state index is 12.0. The van der Waals surface area contributed by atoms with E-state index in [0.29, 0.717) is 23.2 Å². The van der Waals surface area contributed by atoms with E-state index in [0.717, 1.165) is 11.9 Å². The molecule has 0 aromatic carbocycles. The fourth-order valence-electron chi connectivity index (χ4n) is 1.48. The molecule has 0 saturated carbocycles. The second-order valence-electron chi connectivity index (χ2n) is 5.04. The number of alkyl halides is 2. The highest BCUT2D eigenvalue weighted by atomic mass is 32.2. The van der Waals surface area contributed by atoms with E-state index < -0.39 is 23.0 Å². The highest BCUT2D eigenvalue weighted by molar-refractivity contribution is 7.98. The van der Waals surface area contributed by atoms with E-state index in [1.807, 2.05) is 5.38 Å². The van der Waals surface area contributed by atoms with Gasteiger partial charge in [0, 0.05) is 30.5 Å². The molecule has 148 valence electrons. The summed E-state index contributed by atoms with van der Waals surface area (Å²) in [6, 6.07) is 0. The van der Waals surface area contributed by atoms with E-state index in [9.17, 15) is 17.2 Å². The van der Waals surface area contributed by atoms with Crippen molar-refractivity contribution in [3.8, 4) is 0 Å². The van der Waals surface area contributed by atoms with Crippen molar-refractivity contribution in [1.82, 2.24) is 9.88 Å². The Hall–Kier alpha value is -1.67. The fraction of sp³-hybridized carbons (Fsp3) is 0.583. The zero-order chi connectivity index (χ0) is 19.7. The van der Waals surface area contributed by atoms with Gasteiger partial charge in [-0.1, -0.05) is 0 Å². The van der Waals surface area contributed by atoms with Gasteiger partial charge in [-0.2, -0.15) is 11.8 Å². The molecule has 9 nitrogen and oxygen atoms in total. The summed E-state index contributed by atoms with van der Waals surface area (Å²) in [5, 5.41) is 4.95. The Balaban J connectivity index is 2.38. The third-order valence-electron chi connectivity index (χ3n) is 2.66. The predicted octanol–water partition coefficient (Wildman–Crippen LogP) is 0.574. The number of sulfonamides is 1. The quantitative estimate of drug-likeness (QED) is 0.294. The number of anilines is 1. The first kappa shape index (κ1) is 22.4. The van der Waals surface area contributed by atoms with Crippen LogP contribution in [0.5, 0.6) is 0 Å². The van der Waals surface area contributed by atoms with Crippen molar-refractivity contribution in [2.45, 2.75) is 12.2 Å². The first-order valence-electron chi connectivity index (χ1n) is 7.20. The lowest BCUT2D eigenvalue weighted by Gasteiger charge is -2.16. The summed E-state index contributed by atoms with van der Waals surface area (Å²) in [5.41, 5.74) is 11.9. The van der Waals surface area contributed by atoms with Crippen molar-refractivity contribution in [3.05, 3.63) is 11.1 Å². The summed E-state index contributed by atoms with van der Waals surface area (Å²) >= 11 is 2.86. The number of hydrogen-bond acceptors (Lipinski definition) is 6. The highest BCUT2D eigenvalue weighted by Gasteiger charge is 2.08. The molecule has 0 saturated heterocycles. The zero-order valence-electron chi connectivity index (χ0n) is 14.2. The lowest BCUT2D eigenvalue weighted by molar-refractivity contribution is 0.158. The Kier molecular flexibility index (Phi) is 9.01. The number of thiazole rings is 1. The smallest absolute Gasteiger partial charge is 0.257 e. The van der Waals surface area contributed by atoms with Crippen molar-refractivity contribution in [3.63, 3.8) is 0 Å². The van der Waals surface area contributed by atoms with Crippen molar-refractivity contribution < 1.29 is 17.2 Å². The molecule has 0 amide bonds. The molecule has 0 radical (unpaired) electrons. The van der Waals surface area contributed by atoms with Gasteiger partial charge >= 0.3 is 0 Å². The third-order valence-corrected chi connectivity index (χ3v) is 4.95. The van der Waals surface area contributed by atoms with Crippen molar-refractivity contribution >= 4 is 50.2 Å². The number of halogens is 2. The van der Waals surface area contributed by atoms with E-state index in [1.165, 1.54) is 11.3 Å². The molecule has 1 aromatic heterocycles. The van der Waals surface area contributed by atoms with Gasteiger partial charge in [-0.25, -0.2) is 27.2 Å². The summed E-state index contributed by atoms with van der Waals surface area (Å²) in [6.07, 6.45) is -1.57. The van der Waals surface area contributed by atoms with Crippen LogP contribution in [0.2, 0.25) is 0 Å². The van der Waals surface area contributed by atoms with Crippen molar-refractivity contribution in [2.75, 3.05) is 37.5 Å². The SMILES string of the molecule is CN(CCSCc1csc(NC(N)=NCC(F)F)n1)C(N)=NS(C)(=O)=O. The van der Waals surface area contributed by atoms with Gasteiger partial charge < -0.3 is 21.7 Å². The van der Waals surface area contributed by atoms with Crippen LogP contribution in [-0.4, -0.2) is 68.8 Å². The lowest BCUT2D eigenvalue weighted by atomic mass is 10.6. The summed E-state index contributed by atoms with van der Waals surface area (Å²) in [5.74, 6) is 1.12. The molecule has 0 fully saturated rings. The largest absolute Gasteiger partial charge is 0.370 e. The van der Waals surface area contributed by atoms with Crippen LogP contribution in [0.15, 0.2) is 14.8 Å². The molecule has 0 aliphatic heterocycles. The minimum atomic E-state index is -3.52. The van der Waals surface area contributed by atoms with Crippen LogP contribution in [0.4, 0.5) is 13.9 Å². The Labute approximate surface area is 159 Å². The number of nitrogens with zero attached hydrogens (tertiary/aromatic N) is 4. The molecule has 1 rings (SSSR count). The van der Waals surface area contributed by atoms with Gasteiger partial charge in [-0.15, -0.1) is 15.7 Å². The number of aliphatic imine (C=N–C) groups is 1. The van der Waals surface area contributed by atoms with E-state index >= 15 is 0 Å². The zero-order valence-corrected chi connectivity index (χ0v) is 16.7. The van der Waals surface area contributed by atoms with Crippen LogP contribution in [0.1, 0.15) is 5.69 Å².